The smallest absolute Gasteiger partial charge is 0.149 e. The van der Waals surface area contributed by atoms with Gasteiger partial charge in [-0.25, -0.2) is 4.99 Å². The summed E-state index contributed by atoms with van der Waals surface area (Å²) in [5, 5.41) is 3.15. The molecule has 1 aromatic rings. The van der Waals surface area contributed by atoms with E-state index in [2.05, 4.69) is 28.9 Å². The molecule has 0 amide bonds. The van der Waals surface area contributed by atoms with Gasteiger partial charge in [0.15, 0.2) is 0 Å². The van der Waals surface area contributed by atoms with Crippen molar-refractivity contribution in [2.75, 3.05) is 45.7 Å². The lowest BCUT2D eigenvalue weighted by molar-refractivity contribution is -0.104. The quantitative estimate of drug-likeness (QED) is 0.651. The first kappa shape index (κ1) is 17.9. The molecule has 2 heterocycles. The molecule has 2 aliphatic heterocycles. The van der Waals surface area contributed by atoms with Gasteiger partial charge in [-0.1, -0.05) is 18.7 Å². The molecular formula is C20H24N4O2. The largest absolute Gasteiger partial charge is 0.388 e. The van der Waals surface area contributed by atoms with Gasteiger partial charge in [-0.3, -0.25) is 4.79 Å². The van der Waals surface area contributed by atoms with E-state index in [1.54, 1.807) is 6.08 Å². The van der Waals surface area contributed by atoms with Crippen molar-refractivity contribution < 1.29 is 9.53 Å². The normalized spacial score (nSPS) is 19.1. The second-order valence-corrected chi connectivity index (χ2v) is 6.18. The van der Waals surface area contributed by atoms with E-state index in [1.807, 2.05) is 37.2 Å². The standard InChI is InChI=1S/C20H24N4O2/c1-15(14-25)11-19-22-18(16-5-4-6-17(12-16)21-2)13-20(23(19)3)24-7-9-26-10-8-24/h4-6,11-14,21H,1,7-10H2,2-3H3/b19-11-. The third-order valence-electron chi connectivity index (χ3n) is 4.44. The number of hydrogen-bond acceptors (Lipinski definition) is 6. The average molecular weight is 352 g/mol. The van der Waals surface area contributed by atoms with Crippen molar-refractivity contribution in [1.82, 2.24) is 9.80 Å². The van der Waals surface area contributed by atoms with Crippen LogP contribution in [0.1, 0.15) is 5.56 Å². The zero-order valence-electron chi connectivity index (χ0n) is 15.2. The number of anilines is 1. The number of aldehydes is 1. The molecule has 3 rings (SSSR count). The second-order valence-electron chi connectivity index (χ2n) is 6.18. The monoisotopic (exact) mass is 352 g/mol. The van der Waals surface area contributed by atoms with Gasteiger partial charge in [0.25, 0.3) is 0 Å². The zero-order valence-corrected chi connectivity index (χ0v) is 15.2. The van der Waals surface area contributed by atoms with Gasteiger partial charge in [0.2, 0.25) is 0 Å². The molecule has 1 N–H and O–H groups in total. The Bertz CT molecular complexity index is 789. The van der Waals surface area contributed by atoms with Crippen LogP contribution in [0.4, 0.5) is 5.69 Å². The number of rotatable bonds is 5. The third kappa shape index (κ3) is 3.86. The van der Waals surface area contributed by atoms with Crippen molar-refractivity contribution >= 4 is 17.7 Å². The highest BCUT2D eigenvalue weighted by Crippen LogP contribution is 2.25. The van der Waals surface area contributed by atoms with Crippen LogP contribution < -0.4 is 5.32 Å². The van der Waals surface area contributed by atoms with Gasteiger partial charge in [0, 0.05) is 50.1 Å². The summed E-state index contributed by atoms with van der Waals surface area (Å²) in [6, 6.07) is 8.10. The fraction of sp³-hybridized carbons (Fsp3) is 0.300. The zero-order chi connectivity index (χ0) is 18.5. The Morgan fingerprint density at radius 2 is 2.12 bits per heavy atom. The van der Waals surface area contributed by atoms with Gasteiger partial charge < -0.3 is 19.9 Å². The van der Waals surface area contributed by atoms with Crippen LogP contribution in [0.25, 0.3) is 0 Å². The van der Waals surface area contributed by atoms with Gasteiger partial charge in [0.1, 0.15) is 17.9 Å². The van der Waals surface area contributed by atoms with Crippen LogP contribution in [0.15, 0.2) is 65.2 Å². The van der Waals surface area contributed by atoms with Crippen LogP contribution in [0.5, 0.6) is 0 Å². The first-order valence-corrected chi connectivity index (χ1v) is 8.63. The lowest BCUT2D eigenvalue weighted by Gasteiger charge is -2.38. The maximum Gasteiger partial charge on any atom is 0.149 e. The summed E-state index contributed by atoms with van der Waals surface area (Å²) >= 11 is 0. The number of hydrogen-bond donors (Lipinski definition) is 1. The molecule has 6 nitrogen and oxygen atoms in total. The van der Waals surface area contributed by atoms with Crippen LogP contribution in [0.3, 0.4) is 0 Å². The molecule has 1 saturated heterocycles. The Morgan fingerprint density at radius 3 is 2.81 bits per heavy atom. The van der Waals surface area contributed by atoms with E-state index in [1.165, 1.54) is 0 Å². The SMILES string of the molecule is C=C(C=O)/C=C1/N=C(c2cccc(NC)c2)C=C(N2CCOCC2)N1C. The van der Waals surface area contributed by atoms with Gasteiger partial charge in [-0.05, 0) is 18.2 Å². The molecule has 0 atom stereocenters. The lowest BCUT2D eigenvalue weighted by Crippen LogP contribution is -2.42. The van der Waals surface area contributed by atoms with E-state index in [9.17, 15) is 4.79 Å². The van der Waals surface area contributed by atoms with Crippen molar-refractivity contribution in [1.29, 1.82) is 0 Å². The molecule has 0 radical (unpaired) electrons. The third-order valence-corrected chi connectivity index (χ3v) is 4.44. The number of ether oxygens (including phenoxy) is 1. The number of carbonyl (C=O) groups is 1. The molecule has 136 valence electrons. The highest BCUT2D eigenvalue weighted by Gasteiger charge is 2.24. The highest BCUT2D eigenvalue weighted by atomic mass is 16.5. The Hall–Kier alpha value is -2.86. The summed E-state index contributed by atoms with van der Waals surface area (Å²) in [4.78, 5) is 20.1. The average Bonchev–Trinajstić information content (AvgIpc) is 2.70. The molecule has 0 unspecified atom stereocenters. The number of carbonyl (C=O) groups excluding carboxylic acids is 1. The Labute approximate surface area is 154 Å². The van der Waals surface area contributed by atoms with Crippen LogP contribution in [0.2, 0.25) is 0 Å². The summed E-state index contributed by atoms with van der Waals surface area (Å²) in [7, 11) is 3.85. The van der Waals surface area contributed by atoms with E-state index >= 15 is 0 Å². The Kier molecular flexibility index (Phi) is 5.53. The van der Waals surface area contributed by atoms with Crippen LogP contribution in [0, 0.1) is 0 Å². The van der Waals surface area contributed by atoms with Gasteiger partial charge in [0.05, 0.1) is 18.9 Å². The topological polar surface area (TPSA) is 57.2 Å². The summed E-state index contributed by atoms with van der Waals surface area (Å²) in [6.07, 6.45) is 4.54. The van der Waals surface area contributed by atoms with Gasteiger partial charge >= 0.3 is 0 Å². The van der Waals surface area contributed by atoms with Crippen LogP contribution in [-0.4, -0.2) is 62.2 Å². The van der Waals surface area contributed by atoms with Crippen LogP contribution >= 0.6 is 0 Å². The molecule has 2 aliphatic rings. The van der Waals surface area contributed by atoms with Gasteiger partial charge in [-0.15, -0.1) is 0 Å². The molecule has 0 spiro atoms. The number of nitrogens with one attached hydrogen (secondary N) is 1. The maximum absolute atomic E-state index is 11.0. The first-order chi connectivity index (χ1) is 12.6. The fourth-order valence-electron chi connectivity index (χ4n) is 2.97. The number of allylic oxidation sites excluding steroid dienone is 3. The first-order valence-electron chi connectivity index (χ1n) is 8.63. The van der Waals surface area contributed by atoms with Crippen molar-refractivity contribution in [2.45, 2.75) is 0 Å². The van der Waals surface area contributed by atoms with Crippen molar-refractivity contribution in [2.24, 2.45) is 4.99 Å². The Morgan fingerprint density at radius 1 is 1.35 bits per heavy atom. The molecule has 1 fully saturated rings. The van der Waals surface area contributed by atoms with Crippen molar-refractivity contribution in [3.63, 3.8) is 0 Å². The second kappa shape index (κ2) is 8.01. The Balaban J connectivity index is 2.04. The molecule has 0 aliphatic carbocycles. The number of aliphatic imine (C=N–C) groups is 1. The number of morpholine rings is 1. The summed E-state index contributed by atoms with van der Waals surface area (Å²) < 4.78 is 5.48. The lowest BCUT2D eigenvalue weighted by atomic mass is 10.1. The van der Waals surface area contributed by atoms with E-state index < -0.39 is 0 Å². The molecule has 6 heteroatoms. The predicted octanol–water partition coefficient (Wildman–Crippen LogP) is 2.23. The molecule has 0 saturated carbocycles. The predicted molar refractivity (Wildman–Crippen MR) is 104 cm³/mol. The minimum absolute atomic E-state index is 0.391. The van der Waals surface area contributed by atoms with Gasteiger partial charge in [-0.2, -0.15) is 0 Å². The van der Waals surface area contributed by atoms with E-state index in [-0.39, 0.29) is 0 Å². The molecule has 0 bridgehead atoms. The number of nitrogens with zero attached hydrogens (tertiary/aromatic N) is 3. The summed E-state index contributed by atoms with van der Waals surface area (Å²) in [6.45, 7) is 6.81. The molecule has 0 aromatic heterocycles. The summed E-state index contributed by atoms with van der Waals surface area (Å²) in [5.74, 6) is 1.73. The highest BCUT2D eigenvalue weighted by molar-refractivity contribution is 6.10. The molecular weight excluding hydrogens is 328 g/mol. The number of benzene rings is 1. The minimum atomic E-state index is 0.391. The summed E-state index contributed by atoms with van der Waals surface area (Å²) in [5.41, 5.74) is 3.28. The van der Waals surface area contributed by atoms with E-state index in [0.717, 1.165) is 42.2 Å². The van der Waals surface area contributed by atoms with E-state index in [4.69, 9.17) is 9.73 Å². The van der Waals surface area contributed by atoms with Crippen molar-refractivity contribution in [3.8, 4) is 0 Å². The fourth-order valence-corrected chi connectivity index (χ4v) is 2.97. The van der Waals surface area contributed by atoms with Crippen molar-refractivity contribution in [3.05, 3.63) is 65.8 Å². The molecule has 1 aromatic carbocycles. The van der Waals surface area contributed by atoms with E-state index in [0.29, 0.717) is 24.6 Å². The molecule has 26 heavy (non-hydrogen) atoms. The maximum atomic E-state index is 11.0. The minimum Gasteiger partial charge on any atom is -0.388 e. The van der Waals surface area contributed by atoms with Crippen LogP contribution in [-0.2, 0) is 9.53 Å².